The average molecular weight is 442 g/mol. The lowest BCUT2D eigenvalue weighted by Gasteiger charge is -2.26. The van der Waals surface area contributed by atoms with Crippen LogP contribution >= 0.6 is 23.2 Å². The summed E-state index contributed by atoms with van der Waals surface area (Å²) in [6.45, 7) is 0.262. The molecule has 0 unspecified atom stereocenters. The van der Waals surface area contributed by atoms with E-state index in [0.29, 0.717) is 6.42 Å². The van der Waals surface area contributed by atoms with Crippen molar-refractivity contribution in [3.8, 4) is 11.1 Å². The van der Waals surface area contributed by atoms with Gasteiger partial charge in [0.1, 0.15) is 0 Å². The van der Waals surface area contributed by atoms with Crippen LogP contribution in [0.5, 0.6) is 0 Å². The molecule has 7 nitrogen and oxygen atoms in total. The molecule has 0 saturated carbocycles. The van der Waals surface area contributed by atoms with Gasteiger partial charge in [-0.15, -0.1) is 10.2 Å². The molecule has 0 spiro atoms. The van der Waals surface area contributed by atoms with Crippen LogP contribution in [-0.2, 0) is 17.8 Å². The third-order valence-corrected chi connectivity index (χ3v) is 5.43. The normalized spacial score (nSPS) is 13.2. The van der Waals surface area contributed by atoms with Crippen molar-refractivity contribution in [3.63, 3.8) is 0 Å². The largest absolute Gasteiger partial charge is 0.348 e. The molecule has 3 aromatic rings. The Morgan fingerprint density at radius 2 is 1.93 bits per heavy atom. The van der Waals surface area contributed by atoms with Crippen LogP contribution in [0.15, 0.2) is 42.7 Å². The van der Waals surface area contributed by atoms with Gasteiger partial charge < -0.3 is 10.2 Å². The van der Waals surface area contributed by atoms with Gasteiger partial charge in [-0.3, -0.25) is 14.6 Å². The third-order valence-electron chi connectivity index (χ3n) is 4.97. The molecule has 1 aromatic carbocycles. The number of carbonyl (C=O) groups is 2. The fourth-order valence-corrected chi connectivity index (χ4v) is 3.69. The van der Waals surface area contributed by atoms with Crippen molar-refractivity contribution in [3.05, 3.63) is 69.7 Å². The van der Waals surface area contributed by atoms with E-state index in [1.165, 1.54) is 6.07 Å². The average Bonchev–Trinajstić information content (AvgIpc) is 2.76. The molecule has 2 aromatic heterocycles. The minimum absolute atomic E-state index is 0.0127. The van der Waals surface area contributed by atoms with Gasteiger partial charge in [0.15, 0.2) is 10.3 Å². The van der Waals surface area contributed by atoms with Crippen LogP contribution in [0.4, 0.5) is 5.69 Å². The first-order chi connectivity index (χ1) is 14.4. The van der Waals surface area contributed by atoms with Crippen molar-refractivity contribution < 1.29 is 9.59 Å². The minimum Gasteiger partial charge on any atom is -0.348 e. The Morgan fingerprint density at radius 3 is 2.77 bits per heavy atom. The number of nitrogens with one attached hydrogen (secondary N) is 1. The van der Waals surface area contributed by atoms with Crippen LogP contribution in [0, 0.1) is 0 Å². The Bertz CT molecular complexity index is 1150. The second-order valence-corrected chi connectivity index (χ2v) is 7.68. The quantitative estimate of drug-likeness (QED) is 0.666. The van der Waals surface area contributed by atoms with Gasteiger partial charge in [0.2, 0.25) is 5.91 Å². The van der Waals surface area contributed by atoms with E-state index in [4.69, 9.17) is 23.2 Å². The van der Waals surface area contributed by atoms with Crippen LogP contribution < -0.4 is 10.2 Å². The van der Waals surface area contributed by atoms with E-state index >= 15 is 0 Å². The second kappa shape index (κ2) is 8.38. The molecule has 3 heterocycles. The van der Waals surface area contributed by atoms with Crippen LogP contribution in [0.25, 0.3) is 11.1 Å². The number of pyridine rings is 1. The number of nitrogens with zero attached hydrogens (tertiary/aromatic N) is 4. The zero-order valence-corrected chi connectivity index (χ0v) is 17.5. The molecule has 0 fully saturated rings. The Kier molecular flexibility index (Phi) is 5.65. The van der Waals surface area contributed by atoms with Gasteiger partial charge in [-0.1, -0.05) is 29.3 Å². The van der Waals surface area contributed by atoms with E-state index in [1.807, 2.05) is 18.2 Å². The summed E-state index contributed by atoms with van der Waals surface area (Å²) >= 11 is 11.7. The molecule has 0 aliphatic carbocycles. The minimum atomic E-state index is -0.399. The number of benzene rings is 1. The van der Waals surface area contributed by atoms with E-state index in [1.54, 1.807) is 24.3 Å². The monoisotopic (exact) mass is 441 g/mol. The van der Waals surface area contributed by atoms with Crippen LogP contribution in [0.2, 0.25) is 10.3 Å². The molecule has 2 amide bonds. The lowest BCUT2D eigenvalue weighted by Crippen LogP contribution is -2.30. The van der Waals surface area contributed by atoms with Gasteiger partial charge in [-0.05, 0) is 47.4 Å². The van der Waals surface area contributed by atoms with Crippen LogP contribution in [-0.4, -0.2) is 34.0 Å². The molecular weight excluding hydrogens is 425 g/mol. The van der Waals surface area contributed by atoms with E-state index in [-0.39, 0.29) is 28.3 Å². The summed E-state index contributed by atoms with van der Waals surface area (Å²) in [6.07, 6.45) is 4.69. The number of amides is 2. The van der Waals surface area contributed by atoms with Gasteiger partial charge in [-0.2, -0.15) is 0 Å². The van der Waals surface area contributed by atoms with Crippen LogP contribution in [0.3, 0.4) is 0 Å². The van der Waals surface area contributed by atoms with E-state index in [0.717, 1.165) is 34.4 Å². The fraction of sp³-hybridized carbons (Fsp3) is 0.190. The number of rotatable bonds is 4. The molecule has 1 N–H and O–H groups in total. The number of aromatic nitrogens is 3. The number of hydrogen-bond donors (Lipinski definition) is 1. The highest BCUT2D eigenvalue weighted by atomic mass is 35.5. The maximum absolute atomic E-state index is 12.4. The van der Waals surface area contributed by atoms with Crippen molar-refractivity contribution in [1.29, 1.82) is 0 Å². The highest BCUT2D eigenvalue weighted by molar-refractivity contribution is 6.34. The summed E-state index contributed by atoms with van der Waals surface area (Å²) < 4.78 is 0. The summed E-state index contributed by atoms with van der Waals surface area (Å²) in [5.74, 6) is -0.274. The summed E-state index contributed by atoms with van der Waals surface area (Å²) in [5, 5.41) is 10.1. The van der Waals surface area contributed by atoms with Crippen molar-refractivity contribution in [2.75, 3.05) is 11.9 Å². The zero-order chi connectivity index (χ0) is 21.3. The molecule has 1 aliphatic heterocycles. The third kappa shape index (κ3) is 4.13. The Labute approximate surface area is 183 Å². The molecule has 0 saturated heterocycles. The van der Waals surface area contributed by atoms with E-state index in [2.05, 4.69) is 26.6 Å². The Hall–Kier alpha value is -3.03. The molecule has 4 rings (SSSR count). The van der Waals surface area contributed by atoms with E-state index in [9.17, 15) is 9.59 Å². The first-order valence-corrected chi connectivity index (χ1v) is 9.98. The predicted molar refractivity (Wildman–Crippen MR) is 115 cm³/mol. The number of carbonyl (C=O) groups excluding carboxylic acids is 2. The van der Waals surface area contributed by atoms with Crippen molar-refractivity contribution >= 4 is 40.7 Å². The topological polar surface area (TPSA) is 88.1 Å². The molecular formula is C21H17Cl2N5O2. The first kappa shape index (κ1) is 20.3. The Balaban J connectivity index is 1.51. The molecule has 0 radical (unpaired) electrons. The highest BCUT2D eigenvalue weighted by Gasteiger charge is 2.21. The van der Waals surface area contributed by atoms with Gasteiger partial charge >= 0.3 is 0 Å². The number of halogens is 2. The Morgan fingerprint density at radius 1 is 1.10 bits per heavy atom. The number of hydrogen-bond acceptors (Lipinski definition) is 5. The molecule has 152 valence electrons. The van der Waals surface area contributed by atoms with Gasteiger partial charge in [0, 0.05) is 43.7 Å². The molecule has 1 aliphatic rings. The van der Waals surface area contributed by atoms with Crippen molar-refractivity contribution in [1.82, 2.24) is 20.5 Å². The standard InChI is InChI=1S/C21H17Cl2N5O2/c1-28-17-4-2-13(7-14(17)3-5-19(28)29)15-6-12(9-24-11-15)10-25-21(30)16-8-18(22)26-27-20(16)23/h2,4,6-9,11H,3,5,10H2,1H3,(H,25,30). The summed E-state index contributed by atoms with van der Waals surface area (Å²) in [5.41, 5.74) is 4.99. The first-order valence-electron chi connectivity index (χ1n) is 9.23. The lowest BCUT2D eigenvalue weighted by molar-refractivity contribution is -0.118. The predicted octanol–water partition coefficient (Wildman–Crippen LogP) is 3.68. The second-order valence-electron chi connectivity index (χ2n) is 6.93. The number of anilines is 1. The van der Waals surface area contributed by atoms with Gasteiger partial charge in [0.25, 0.3) is 5.91 Å². The molecule has 9 heteroatoms. The fourth-order valence-electron chi connectivity index (χ4n) is 3.37. The smallest absolute Gasteiger partial charge is 0.254 e. The molecule has 0 atom stereocenters. The highest BCUT2D eigenvalue weighted by Crippen LogP contribution is 2.31. The molecule has 0 bridgehead atoms. The summed E-state index contributed by atoms with van der Waals surface area (Å²) in [6, 6.07) is 9.35. The summed E-state index contributed by atoms with van der Waals surface area (Å²) in [7, 11) is 1.79. The number of aryl methyl sites for hydroxylation is 1. The SMILES string of the molecule is CN1C(=O)CCc2cc(-c3cncc(CNC(=O)c4cc(Cl)nnc4Cl)c3)ccc21. The van der Waals surface area contributed by atoms with Crippen molar-refractivity contribution in [2.24, 2.45) is 0 Å². The summed E-state index contributed by atoms with van der Waals surface area (Å²) in [4.78, 5) is 30.3. The van der Waals surface area contributed by atoms with Gasteiger partial charge in [-0.25, -0.2) is 0 Å². The van der Waals surface area contributed by atoms with E-state index < -0.39 is 5.91 Å². The maximum atomic E-state index is 12.4. The zero-order valence-electron chi connectivity index (χ0n) is 16.0. The van der Waals surface area contributed by atoms with Crippen molar-refractivity contribution in [2.45, 2.75) is 19.4 Å². The number of fused-ring (bicyclic) bond motifs is 1. The maximum Gasteiger partial charge on any atom is 0.254 e. The lowest BCUT2D eigenvalue weighted by atomic mass is 9.96. The van der Waals surface area contributed by atoms with Gasteiger partial charge in [0.05, 0.1) is 5.56 Å². The van der Waals surface area contributed by atoms with Crippen LogP contribution in [0.1, 0.15) is 27.9 Å². The molecule has 30 heavy (non-hydrogen) atoms.